The molecule has 3 rings (SSSR count). The van der Waals surface area contributed by atoms with Crippen molar-refractivity contribution >= 4 is 39.1 Å². The summed E-state index contributed by atoms with van der Waals surface area (Å²) in [5.74, 6) is -0.702. The molecule has 1 heterocycles. The number of rotatable bonds is 6. The number of amides is 1. The zero-order chi connectivity index (χ0) is 21.9. The van der Waals surface area contributed by atoms with Crippen LogP contribution >= 0.6 is 23.2 Å². The fraction of sp³-hybridized carbons (Fsp3) is 0.409. The summed E-state index contributed by atoms with van der Waals surface area (Å²) in [6.45, 7) is 4.54. The lowest BCUT2D eigenvalue weighted by Crippen LogP contribution is -2.46. The number of piperidine rings is 1. The Morgan fingerprint density at radius 3 is 2.57 bits per heavy atom. The van der Waals surface area contributed by atoms with Crippen LogP contribution in [-0.4, -0.2) is 31.7 Å². The Balaban J connectivity index is 1.64. The summed E-state index contributed by atoms with van der Waals surface area (Å²) in [6, 6.07) is 12.6. The lowest BCUT2D eigenvalue weighted by molar-refractivity contribution is -0.126. The van der Waals surface area contributed by atoms with Gasteiger partial charge in [0.15, 0.2) is 0 Å². The molecule has 5 nitrogen and oxygen atoms in total. The van der Waals surface area contributed by atoms with E-state index >= 15 is 0 Å². The molecule has 0 aromatic heterocycles. The Morgan fingerprint density at radius 2 is 1.90 bits per heavy atom. The number of nitrogens with one attached hydrogen (secondary N) is 1. The van der Waals surface area contributed by atoms with Crippen LogP contribution in [-0.2, 0) is 20.6 Å². The van der Waals surface area contributed by atoms with Gasteiger partial charge in [0, 0.05) is 23.1 Å². The van der Waals surface area contributed by atoms with Crippen molar-refractivity contribution in [3.8, 4) is 0 Å². The highest BCUT2D eigenvalue weighted by molar-refractivity contribution is 7.88. The minimum absolute atomic E-state index is 0.118. The third-order valence-corrected chi connectivity index (χ3v) is 7.82. The van der Waals surface area contributed by atoms with Gasteiger partial charge in [0.2, 0.25) is 15.9 Å². The van der Waals surface area contributed by atoms with Gasteiger partial charge >= 0.3 is 0 Å². The van der Waals surface area contributed by atoms with E-state index in [1.54, 1.807) is 12.1 Å². The number of carbonyl (C=O) groups is 1. The molecule has 0 saturated carbocycles. The molecule has 1 fully saturated rings. The van der Waals surface area contributed by atoms with Crippen LogP contribution in [0.25, 0.3) is 0 Å². The largest absolute Gasteiger partial charge is 0.349 e. The maximum Gasteiger partial charge on any atom is 0.224 e. The third-order valence-electron chi connectivity index (χ3n) is 5.44. The van der Waals surface area contributed by atoms with Gasteiger partial charge < -0.3 is 5.32 Å². The van der Waals surface area contributed by atoms with Crippen LogP contribution < -0.4 is 5.32 Å². The zero-order valence-electron chi connectivity index (χ0n) is 17.1. The Labute approximate surface area is 188 Å². The number of benzene rings is 2. The molecule has 2 aromatic rings. The van der Waals surface area contributed by atoms with Crippen molar-refractivity contribution in [3.63, 3.8) is 0 Å². The van der Waals surface area contributed by atoms with Gasteiger partial charge in [-0.25, -0.2) is 12.7 Å². The van der Waals surface area contributed by atoms with Crippen molar-refractivity contribution < 1.29 is 13.2 Å². The summed E-state index contributed by atoms with van der Waals surface area (Å²) < 4.78 is 27.3. The molecular formula is C22H26Cl2N2O3S. The second-order valence-corrected chi connectivity index (χ2v) is 10.6. The van der Waals surface area contributed by atoms with E-state index in [0.717, 1.165) is 11.1 Å². The molecule has 0 spiro atoms. The molecule has 8 heteroatoms. The van der Waals surface area contributed by atoms with Crippen LogP contribution in [0.4, 0.5) is 0 Å². The first-order chi connectivity index (χ1) is 14.2. The average Bonchev–Trinajstić information content (AvgIpc) is 2.70. The van der Waals surface area contributed by atoms with Crippen LogP contribution in [0.1, 0.15) is 42.5 Å². The van der Waals surface area contributed by atoms with Crippen molar-refractivity contribution in [1.29, 1.82) is 0 Å². The Hall–Kier alpha value is -1.60. The van der Waals surface area contributed by atoms with Gasteiger partial charge in [-0.15, -0.1) is 0 Å². The topological polar surface area (TPSA) is 66.5 Å². The minimum atomic E-state index is -3.60. The van der Waals surface area contributed by atoms with Crippen LogP contribution in [0.2, 0.25) is 10.0 Å². The fourth-order valence-corrected chi connectivity index (χ4v) is 5.80. The number of nitrogens with zero attached hydrogens (tertiary/aromatic N) is 1. The van der Waals surface area contributed by atoms with E-state index in [2.05, 4.69) is 5.32 Å². The second kappa shape index (κ2) is 9.69. The number of aryl methyl sites for hydroxylation is 1. The maximum absolute atomic E-state index is 12.9. The first kappa shape index (κ1) is 23.1. The predicted molar refractivity (Wildman–Crippen MR) is 121 cm³/mol. The summed E-state index contributed by atoms with van der Waals surface area (Å²) in [5, 5.41) is 3.81. The Bertz CT molecular complexity index is 1010. The highest BCUT2D eigenvalue weighted by Gasteiger charge is 2.33. The molecule has 1 saturated heterocycles. The van der Waals surface area contributed by atoms with E-state index in [-0.39, 0.29) is 30.2 Å². The SMILES string of the molecule is Cc1ccc(C(C)NC(=O)C2CCCN(S(=O)(=O)Cc3ccc(Cl)cc3Cl)C2)cc1. The zero-order valence-corrected chi connectivity index (χ0v) is 19.4. The van der Waals surface area contributed by atoms with Gasteiger partial charge in [0.1, 0.15) is 0 Å². The predicted octanol–water partition coefficient (Wildman–Crippen LogP) is 4.72. The molecule has 1 aliphatic rings. The molecular weight excluding hydrogens is 443 g/mol. The quantitative estimate of drug-likeness (QED) is 0.666. The van der Waals surface area contributed by atoms with E-state index in [4.69, 9.17) is 23.2 Å². The number of hydrogen-bond acceptors (Lipinski definition) is 3. The van der Waals surface area contributed by atoms with Crippen LogP contribution in [0.5, 0.6) is 0 Å². The molecule has 2 unspecified atom stereocenters. The number of carbonyl (C=O) groups excluding carboxylic acids is 1. The Kier molecular flexibility index (Phi) is 7.45. The van der Waals surface area contributed by atoms with E-state index in [1.807, 2.05) is 38.1 Å². The van der Waals surface area contributed by atoms with Crippen molar-refractivity contribution in [2.45, 2.75) is 38.5 Å². The minimum Gasteiger partial charge on any atom is -0.349 e. The standard InChI is InChI=1S/C22H26Cl2N2O3S/c1-15-5-7-17(8-6-15)16(2)25-22(27)18-4-3-11-26(13-18)30(28,29)14-19-9-10-20(23)12-21(19)24/h5-10,12,16,18H,3-4,11,13-14H2,1-2H3,(H,25,27). The lowest BCUT2D eigenvalue weighted by Gasteiger charge is -2.32. The monoisotopic (exact) mass is 468 g/mol. The number of hydrogen-bond donors (Lipinski definition) is 1. The van der Waals surface area contributed by atoms with Crippen LogP contribution in [0.15, 0.2) is 42.5 Å². The maximum atomic E-state index is 12.9. The van der Waals surface area contributed by atoms with E-state index in [1.165, 1.54) is 10.4 Å². The van der Waals surface area contributed by atoms with Crippen molar-refractivity contribution in [2.75, 3.05) is 13.1 Å². The summed E-state index contributed by atoms with van der Waals surface area (Å²) in [6.07, 6.45) is 1.31. The van der Waals surface area contributed by atoms with Crippen molar-refractivity contribution in [3.05, 3.63) is 69.2 Å². The summed E-state index contributed by atoms with van der Waals surface area (Å²) in [4.78, 5) is 12.8. The molecule has 2 aromatic carbocycles. The Morgan fingerprint density at radius 1 is 1.20 bits per heavy atom. The molecule has 1 N–H and O–H groups in total. The van der Waals surface area contributed by atoms with Gasteiger partial charge in [-0.2, -0.15) is 0 Å². The van der Waals surface area contributed by atoms with Crippen LogP contribution in [0, 0.1) is 12.8 Å². The molecule has 0 bridgehead atoms. The van der Waals surface area contributed by atoms with E-state index < -0.39 is 10.0 Å². The van der Waals surface area contributed by atoms with Gasteiger partial charge in [0.05, 0.1) is 17.7 Å². The highest BCUT2D eigenvalue weighted by atomic mass is 35.5. The van der Waals surface area contributed by atoms with E-state index in [0.29, 0.717) is 35.0 Å². The molecule has 1 amide bonds. The van der Waals surface area contributed by atoms with Crippen LogP contribution in [0.3, 0.4) is 0 Å². The van der Waals surface area contributed by atoms with Gasteiger partial charge in [-0.1, -0.05) is 59.1 Å². The number of sulfonamides is 1. The molecule has 0 aliphatic carbocycles. The van der Waals surface area contributed by atoms with E-state index in [9.17, 15) is 13.2 Å². The summed E-state index contributed by atoms with van der Waals surface area (Å²) >= 11 is 12.0. The van der Waals surface area contributed by atoms with Gasteiger partial charge in [0.25, 0.3) is 0 Å². The molecule has 1 aliphatic heterocycles. The molecule has 162 valence electrons. The second-order valence-electron chi connectivity index (χ2n) is 7.83. The van der Waals surface area contributed by atoms with Gasteiger partial charge in [-0.3, -0.25) is 4.79 Å². The summed E-state index contributed by atoms with van der Waals surface area (Å²) in [5.41, 5.74) is 2.68. The van der Waals surface area contributed by atoms with Crippen molar-refractivity contribution in [2.24, 2.45) is 5.92 Å². The normalized spacial score (nSPS) is 18.7. The summed E-state index contributed by atoms with van der Waals surface area (Å²) in [7, 11) is -3.60. The smallest absolute Gasteiger partial charge is 0.224 e. The molecule has 0 radical (unpaired) electrons. The van der Waals surface area contributed by atoms with Gasteiger partial charge in [-0.05, 0) is 49.9 Å². The fourth-order valence-electron chi connectivity index (χ4n) is 3.61. The highest BCUT2D eigenvalue weighted by Crippen LogP contribution is 2.26. The average molecular weight is 469 g/mol. The first-order valence-corrected chi connectivity index (χ1v) is 12.3. The number of halogens is 2. The lowest BCUT2D eigenvalue weighted by atomic mass is 9.97. The third kappa shape index (κ3) is 5.76. The first-order valence-electron chi connectivity index (χ1n) is 9.94. The van der Waals surface area contributed by atoms with Crippen molar-refractivity contribution in [1.82, 2.24) is 9.62 Å². The molecule has 30 heavy (non-hydrogen) atoms. The molecule has 2 atom stereocenters.